The van der Waals surface area contributed by atoms with Crippen LogP contribution < -0.4 is 11.1 Å². The molecule has 1 aliphatic heterocycles. The summed E-state index contributed by atoms with van der Waals surface area (Å²) < 4.78 is 23.9. The molecule has 2 heterocycles. The van der Waals surface area contributed by atoms with Crippen LogP contribution in [-0.2, 0) is 36.8 Å². The summed E-state index contributed by atoms with van der Waals surface area (Å²) in [6, 6.07) is 1.43. The summed E-state index contributed by atoms with van der Waals surface area (Å²) in [4.78, 5) is 37.9. The first kappa shape index (κ1) is 35.5. The number of ether oxygens (including phenoxy) is 3. The highest BCUT2D eigenvalue weighted by Gasteiger charge is 2.29. The number of phenols is 1. The molecule has 1 aromatic heterocycles. The Hall–Kier alpha value is -3.93. The van der Waals surface area contributed by atoms with Gasteiger partial charge in [-0.1, -0.05) is 44.2 Å². The van der Waals surface area contributed by atoms with Gasteiger partial charge in [-0.3, -0.25) is 14.2 Å². The van der Waals surface area contributed by atoms with Crippen molar-refractivity contribution in [2.24, 2.45) is 11.8 Å². The molecule has 1 aliphatic rings. The van der Waals surface area contributed by atoms with Gasteiger partial charge in [0.25, 0.3) is 5.91 Å². The molecule has 0 unspecified atom stereocenters. The highest BCUT2D eigenvalue weighted by Crippen LogP contribution is 2.38. The molecule has 246 valence electrons. The zero-order chi connectivity index (χ0) is 33.4. The van der Waals surface area contributed by atoms with Crippen molar-refractivity contribution >= 4 is 28.7 Å². The van der Waals surface area contributed by atoms with Crippen molar-refractivity contribution in [3.8, 4) is 5.75 Å². The third-order valence-corrected chi connectivity index (χ3v) is 8.11. The summed E-state index contributed by atoms with van der Waals surface area (Å²) in [5.74, 6) is -2.23. The number of carbonyl (C=O) groups excluding carboxylic acids is 2. The van der Waals surface area contributed by atoms with Crippen molar-refractivity contribution in [2.75, 3.05) is 19.5 Å². The van der Waals surface area contributed by atoms with E-state index in [0.717, 1.165) is 5.57 Å². The van der Waals surface area contributed by atoms with Crippen molar-refractivity contribution in [2.45, 2.75) is 84.8 Å². The second kappa shape index (κ2) is 15.9. The van der Waals surface area contributed by atoms with Gasteiger partial charge in [-0.15, -0.1) is 6.58 Å². The molecule has 2 aromatic rings. The second-order valence-corrected chi connectivity index (χ2v) is 11.7. The van der Waals surface area contributed by atoms with Gasteiger partial charge in [0.15, 0.2) is 5.58 Å². The minimum Gasteiger partial charge on any atom is -0.505 e. The minimum absolute atomic E-state index is 0.0943. The predicted octanol–water partition coefficient (Wildman–Crippen LogP) is 4.80. The molecule has 3 rings (SSSR count). The standard InChI is InChI=1S/C34H46N2O9/c1-9-13-36-30-25-14-19(2)15-29(43-8)31(38)22(5)16-21(4)27(44-23(6)37)17-24(42-7)12-10-11-20(3)33(40)35-26(32(25)39)18-28(30)45-34(36)41/h9-12,16,18-19,22,24,27,29,31,38-39H,1,13-15,17H2,2-8H3,(H,35,40)/b12-10-,20-11+,21-16+/t19-,22+,24+,27-,29+,31-/m1/s1. The van der Waals surface area contributed by atoms with Crippen LogP contribution in [0.25, 0.3) is 11.1 Å². The number of nitrogens with one attached hydrogen (secondary N) is 1. The molecule has 45 heavy (non-hydrogen) atoms. The zero-order valence-corrected chi connectivity index (χ0v) is 27.2. The third-order valence-electron chi connectivity index (χ3n) is 8.11. The van der Waals surface area contributed by atoms with E-state index in [2.05, 4.69) is 11.9 Å². The number of oxazole rings is 1. The van der Waals surface area contributed by atoms with Gasteiger partial charge < -0.3 is 34.2 Å². The Morgan fingerprint density at radius 1 is 1.20 bits per heavy atom. The molecular weight excluding hydrogens is 580 g/mol. The Kier molecular flexibility index (Phi) is 12.5. The normalized spacial score (nSPS) is 28.7. The van der Waals surface area contributed by atoms with Gasteiger partial charge in [-0.2, -0.15) is 0 Å². The summed E-state index contributed by atoms with van der Waals surface area (Å²) in [7, 11) is 3.06. The van der Waals surface area contributed by atoms with Gasteiger partial charge in [0.2, 0.25) is 0 Å². The molecule has 6 atom stereocenters. The summed E-state index contributed by atoms with van der Waals surface area (Å²) in [6.07, 6.45) is 6.89. The summed E-state index contributed by atoms with van der Waals surface area (Å²) in [6.45, 7) is 12.5. The number of aromatic hydroxyl groups is 1. The topological polar surface area (TPSA) is 149 Å². The highest BCUT2D eigenvalue weighted by molar-refractivity contribution is 6.05. The first-order chi connectivity index (χ1) is 21.3. The summed E-state index contributed by atoms with van der Waals surface area (Å²) >= 11 is 0. The number of hydrogen-bond acceptors (Lipinski definition) is 9. The van der Waals surface area contributed by atoms with Crippen LogP contribution >= 0.6 is 0 Å². The molecule has 0 saturated carbocycles. The number of carbonyl (C=O) groups is 2. The Labute approximate surface area is 263 Å². The van der Waals surface area contributed by atoms with E-state index in [0.29, 0.717) is 29.5 Å². The molecule has 0 radical (unpaired) electrons. The molecule has 11 nitrogen and oxygen atoms in total. The maximum absolute atomic E-state index is 13.2. The quantitative estimate of drug-likeness (QED) is 0.242. The lowest BCUT2D eigenvalue weighted by Crippen LogP contribution is -2.35. The maximum atomic E-state index is 13.2. The number of aliphatic hydroxyl groups excluding tert-OH is 1. The lowest BCUT2D eigenvalue weighted by molar-refractivity contribution is -0.145. The number of fused-ring (bicyclic) bond motifs is 4. The Balaban J connectivity index is 2.16. The van der Waals surface area contributed by atoms with Crippen molar-refractivity contribution in [3.05, 3.63) is 70.3 Å². The zero-order valence-electron chi connectivity index (χ0n) is 27.2. The van der Waals surface area contributed by atoms with E-state index in [-0.39, 0.29) is 41.8 Å². The van der Waals surface area contributed by atoms with E-state index in [1.54, 1.807) is 31.2 Å². The number of methoxy groups -OCH3 is 2. The molecule has 1 amide bonds. The van der Waals surface area contributed by atoms with Crippen LogP contribution in [0.5, 0.6) is 5.75 Å². The van der Waals surface area contributed by atoms with E-state index >= 15 is 0 Å². The van der Waals surface area contributed by atoms with Gasteiger partial charge in [0, 0.05) is 57.2 Å². The Bertz CT molecular complexity index is 1530. The van der Waals surface area contributed by atoms with E-state index in [1.165, 1.54) is 31.8 Å². The number of allylic oxidation sites excluding steroid dienone is 3. The van der Waals surface area contributed by atoms with Crippen LogP contribution in [0.4, 0.5) is 5.69 Å². The SMILES string of the molecule is C=CCn1c(=O)oc2cc3c(O)c(c21)C[C@@H](C)C[C@H](OC)[C@H](O)[C@@H](C)/C=C(\C)[C@H](OC(C)=O)C[C@@H](OC)/C=C\C=C(/C)C(=O)N3. The van der Waals surface area contributed by atoms with Crippen LogP contribution in [0.3, 0.4) is 0 Å². The lowest BCUT2D eigenvalue weighted by atomic mass is 9.87. The number of aromatic nitrogens is 1. The number of rotatable bonds is 5. The Morgan fingerprint density at radius 3 is 2.53 bits per heavy atom. The largest absolute Gasteiger partial charge is 0.505 e. The average Bonchev–Trinajstić information content (AvgIpc) is 3.29. The van der Waals surface area contributed by atoms with E-state index in [9.17, 15) is 24.6 Å². The summed E-state index contributed by atoms with van der Waals surface area (Å²) in [5, 5.41) is 25.5. The number of benzene rings is 1. The molecule has 11 heteroatoms. The third kappa shape index (κ3) is 8.84. The van der Waals surface area contributed by atoms with Crippen LogP contribution in [0, 0.1) is 11.8 Å². The molecule has 0 aliphatic carbocycles. The van der Waals surface area contributed by atoms with Gasteiger partial charge in [-0.05, 0) is 38.2 Å². The smallest absolute Gasteiger partial charge is 0.420 e. The molecular formula is C34H46N2O9. The van der Waals surface area contributed by atoms with Crippen LogP contribution in [0.15, 0.2) is 63.4 Å². The first-order valence-corrected chi connectivity index (χ1v) is 15.1. The number of amides is 1. The molecule has 0 spiro atoms. The van der Waals surface area contributed by atoms with Gasteiger partial charge in [0.05, 0.1) is 29.5 Å². The number of esters is 1. The number of nitrogens with zero attached hydrogens (tertiary/aromatic N) is 1. The molecule has 1 aromatic carbocycles. The lowest BCUT2D eigenvalue weighted by Gasteiger charge is -2.29. The van der Waals surface area contributed by atoms with Gasteiger partial charge in [-0.25, -0.2) is 4.79 Å². The van der Waals surface area contributed by atoms with E-state index in [1.807, 2.05) is 26.8 Å². The van der Waals surface area contributed by atoms with E-state index in [4.69, 9.17) is 18.6 Å². The molecule has 0 fully saturated rings. The maximum Gasteiger partial charge on any atom is 0.420 e. The number of phenolic OH excluding ortho intramolecular Hbond substituents is 1. The first-order valence-electron chi connectivity index (χ1n) is 15.1. The van der Waals surface area contributed by atoms with E-state index < -0.39 is 42.0 Å². The van der Waals surface area contributed by atoms with Gasteiger partial charge in [0.1, 0.15) is 11.9 Å². The van der Waals surface area contributed by atoms with Crippen molar-refractivity contribution < 1.29 is 38.4 Å². The molecule has 3 N–H and O–H groups in total. The monoisotopic (exact) mass is 626 g/mol. The van der Waals surface area contributed by atoms with Crippen molar-refractivity contribution in [1.29, 1.82) is 0 Å². The Morgan fingerprint density at radius 2 is 1.91 bits per heavy atom. The fourth-order valence-electron chi connectivity index (χ4n) is 5.66. The second-order valence-electron chi connectivity index (χ2n) is 11.7. The average molecular weight is 627 g/mol. The number of anilines is 1. The fourth-order valence-corrected chi connectivity index (χ4v) is 5.66. The highest BCUT2D eigenvalue weighted by atomic mass is 16.5. The van der Waals surface area contributed by atoms with Crippen LogP contribution in [0.1, 0.15) is 53.0 Å². The van der Waals surface area contributed by atoms with Crippen LogP contribution in [-0.4, -0.2) is 65.3 Å². The summed E-state index contributed by atoms with van der Waals surface area (Å²) in [5.41, 5.74) is 2.22. The number of hydrogen-bond donors (Lipinski definition) is 3. The molecule has 2 bridgehead atoms. The predicted molar refractivity (Wildman–Crippen MR) is 172 cm³/mol. The van der Waals surface area contributed by atoms with Crippen LogP contribution in [0.2, 0.25) is 0 Å². The van der Waals surface area contributed by atoms with Crippen molar-refractivity contribution in [3.63, 3.8) is 0 Å². The number of aliphatic hydroxyl groups is 1. The fraction of sp³-hybridized carbons (Fsp3) is 0.500. The van der Waals surface area contributed by atoms with Gasteiger partial charge >= 0.3 is 11.7 Å². The molecule has 0 saturated heterocycles. The van der Waals surface area contributed by atoms with Crippen molar-refractivity contribution in [1.82, 2.24) is 4.57 Å². The minimum atomic E-state index is -0.908.